The maximum Gasteiger partial charge on any atom is 0.328 e. The summed E-state index contributed by atoms with van der Waals surface area (Å²) in [6, 6.07) is 0. The van der Waals surface area contributed by atoms with E-state index in [0.717, 1.165) is 4.57 Å². The van der Waals surface area contributed by atoms with Crippen LogP contribution in [0.25, 0.3) is 0 Å². The molecule has 1 aromatic rings. The van der Waals surface area contributed by atoms with E-state index in [2.05, 4.69) is 4.98 Å². The Morgan fingerprint density at radius 3 is 2.62 bits per heavy atom. The first kappa shape index (κ1) is 15.5. The van der Waals surface area contributed by atoms with Crippen LogP contribution in [0.2, 0.25) is 0 Å². The summed E-state index contributed by atoms with van der Waals surface area (Å²) in [6.45, 7) is 6.27. The van der Waals surface area contributed by atoms with Crippen LogP contribution in [-0.4, -0.2) is 44.2 Å². The number of carbonyl (C=O) groups excluding carboxylic acids is 1. The summed E-state index contributed by atoms with van der Waals surface area (Å²) >= 11 is 0. The van der Waals surface area contributed by atoms with Crippen LogP contribution in [0.5, 0.6) is 0 Å². The van der Waals surface area contributed by atoms with Gasteiger partial charge in [-0.2, -0.15) is 0 Å². The molecule has 0 spiro atoms. The summed E-state index contributed by atoms with van der Waals surface area (Å²) in [5.74, 6) is -0.535. The molecule has 0 radical (unpaired) electrons. The molecule has 1 aromatic heterocycles. The number of aryl methyl sites for hydroxylation is 1. The van der Waals surface area contributed by atoms with E-state index in [4.69, 9.17) is 0 Å². The number of β-amino-alcohol motifs (C(OH)–C–C–N with tert-alkyl or cyclic N) is 1. The number of aromatic nitrogens is 2. The maximum atomic E-state index is 12.5. The molecule has 2 unspecified atom stereocenters. The molecule has 116 valence electrons. The quantitative estimate of drug-likeness (QED) is 0.772. The van der Waals surface area contributed by atoms with Crippen molar-refractivity contribution in [2.45, 2.75) is 26.4 Å². The average Bonchev–Trinajstić information content (AvgIpc) is 2.71. The highest BCUT2D eigenvalue weighted by atomic mass is 16.3. The lowest BCUT2D eigenvalue weighted by atomic mass is 9.82. The van der Waals surface area contributed by atoms with Gasteiger partial charge < -0.3 is 14.6 Å². The highest BCUT2D eigenvalue weighted by molar-refractivity contribution is 5.93. The topological polar surface area (TPSA) is 95.4 Å². The molecule has 0 bridgehead atoms. The van der Waals surface area contributed by atoms with Crippen molar-refractivity contribution in [3.63, 3.8) is 0 Å². The third kappa shape index (κ3) is 2.53. The van der Waals surface area contributed by atoms with Crippen LogP contribution >= 0.6 is 0 Å². The van der Waals surface area contributed by atoms with E-state index in [1.54, 1.807) is 0 Å². The molecule has 2 heterocycles. The number of likely N-dealkylation sites (tertiary alicyclic amines) is 1. The van der Waals surface area contributed by atoms with Crippen LogP contribution in [0, 0.1) is 11.8 Å². The van der Waals surface area contributed by atoms with E-state index in [9.17, 15) is 19.5 Å². The first-order chi connectivity index (χ1) is 9.66. The summed E-state index contributed by atoms with van der Waals surface area (Å²) in [5.41, 5.74) is -2.30. The molecule has 1 aliphatic heterocycles. The Bertz CT molecular complexity index is 676. The molecular formula is C14H21N3O4. The van der Waals surface area contributed by atoms with Gasteiger partial charge >= 0.3 is 5.69 Å². The Labute approximate surface area is 122 Å². The van der Waals surface area contributed by atoms with E-state index in [1.807, 2.05) is 20.8 Å². The molecule has 2 N–H and O–H groups in total. The lowest BCUT2D eigenvalue weighted by molar-refractivity contribution is -0.0244. The average molecular weight is 295 g/mol. The zero-order valence-corrected chi connectivity index (χ0v) is 12.7. The van der Waals surface area contributed by atoms with Gasteiger partial charge in [-0.1, -0.05) is 20.8 Å². The summed E-state index contributed by atoms with van der Waals surface area (Å²) in [4.78, 5) is 39.2. The second-order valence-corrected chi connectivity index (χ2v) is 6.15. The van der Waals surface area contributed by atoms with Crippen LogP contribution in [-0.2, 0) is 7.05 Å². The number of nitrogens with zero attached hydrogens (tertiary/aromatic N) is 2. The fourth-order valence-corrected chi connectivity index (χ4v) is 2.81. The van der Waals surface area contributed by atoms with Crippen LogP contribution in [0.1, 0.15) is 31.1 Å². The minimum Gasteiger partial charge on any atom is -0.387 e. The molecule has 7 heteroatoms. The molecule has 0 saturated carbocycles. The van der Waals surface area contributed by atoms with Crippen molar-refractivity contribution in [2.24, 2.45) is 18.9 Å². The number of nitrogens with one attached hydrogen (secondary N) is 1. The number of hydrogen-bond donors (Lipinski definition) is 2. The smallest absolute Gasteiger partial charge is 0.328 e. The van der Waals surface area contributed by atoms with Crippen molar-refractivity contribution >= 4 is 5.91 Å². The van der Waals surface area contributed by atoms with Crippen molar-refractivity contribution in [1.82, 2.24) is 14.5 Å². The molecule has 1 fully saturated rings. The first-order valence-corrected chi connectivity index (χ1v) is 6.98. The zero-order chi connectivity index (χ0) is 15.9. The summed E-state index contributed by atoms with van der Waals surface area (Å²) < 4.78 is 1.16. The largest absolute Gasteiger partial charge is 0.387 e. The van der Waals surface area contributed by atoms with Gasteiger partial charge in [0.1, 0.15) is 5.56 Å². The monoisotopic (exact) mass is 295 g/mol. The summed E-state index contributed by atoms with van der Waals surface area (Å²) in [6.07, 6.45) is 1.24. The lowest BCUT2D eigenvalue weighted by Crippen LogP contribution is -2.44. The van der Waals surface area contributed by atoms with Gasteiger partial charge in [0.25, 0.3) is 11.5 Å². The Hall–Kier alpha value is -1.89. The standard InChI is InChI=1S/C14H21N3O4/c1-8(2)14(21)7-17(5-9(14)3)12(19)10-6-16(4)13(20)15-11(10)18/h6,8-9,21H,5,7H2,1-4H3,(H,15,18,20). The van der Waals surface area contributed by atoms with Gasteiger partial charge in [-0.25, -0.2) is 4.79 Å². The van der Waals surface area contributed by atoms with Gasteiger partial charge in [-0.05, 0) is 5.92 Å². The molecule has 7 nitrogen and oxygen atoms in total. The number of aliphatic hydroxyl groups is 1. The maximum absolute atomic E-state index is 12.5. The molecule has 1 saturated heterocycles. The van der Waals surface area contributed by atoms with Crippen molar-refractivity contribution in [2.75, 3.05) is 13.1 Å². The minimum absolute atomic E-state index is 0.00344. The number of rotatable bonds is 2. The highest BCUT2D eigenvalue weighted by Crippen LogP contribution is 2.34. The number of hydrogen-bond acceptors (Lipinski definition) is 4. The molecule has 1 aliphatic rings. The summed E-state index contributed by atoms with van der Waals surface area (Å²) in [5, 5.41) is 10.6. The predicted molar refractivity (Wildman–Crippen MR) is 77.2 cm³/mol. The lowest BCUT2D eigenvalue weighted by Gasteiger charge is -2.30. The Kier molecular flexibility index (Phi) is 3.79. The van der Waals surface area contributed by atoms with Gasteiger partial charge in [0.2, 0.25) is 0 Å². The molecule has 2 rings (SSSR count). The van der Waals surface area contributed by atoms with E-state index in [1.165, 1.54) is 18.1 Å². The van der Waals surface area contributed by atoms with Gasteiger partial charge in [-0.3, -0.25) is 14.6 Å². The van der Waals surface area contributed by atoms with Crippen molar-refractivity contribution in [3.8, 4) is 0 Å². The molecule has 0 aromatic carbocycles. The SMILES string of the molecule is CC(C)C1(O)CN(C(=O)c2cn(C)c(=O)[nH]c2=O)CC1C. The minimum atomic E-state index is -0.955. The van der Waals surface area contributed by atoms with Crippen molar-refractivity contribution in [3.05, 3.63) is 32.6 Å². The molecule has 21 heavy (non-hydrogen) atoms. The van der Waals surface area contributed by atoms with Gasteiger partial charge in [-0.15, -0.1) is 0 Å². The van der Waals surface area contributed by atoms with Crippen LogP contribution < -0.4 is 11.2 Å². The fraction of sp³-hybridized carbons (Fsp3) is 0.643. The third-order valence-corrected chi connectivity index (χ3v) is 4.42. The molecule has 0 aliphatic carbocycles. The Morgan fingerprint density at radius 2 is 2.10 bits per heavy atom. The van der Waals surface area contributed by atoms with Crippen LogP contribution in [0.4, 0.5) is 0 Å². The Morgan fingerprint density at radius 1 is 1.48 bits per heavy atom. The van der Waals surface area contributed by atoms with E-state index in [0.29, 0.717) is 6.54 Å². The normalized spacial score (nSPS) is 25.6. The number of carbonyl (C=O) groups is 1. The molecule has 1 amide bonds. The second-order valence-electron chi connectivity index (χ2n) is 6.15. The van der Waals surface area contributed by atoms with Crippen LogP contribution in [0.3, 0.4) is 0 Å². The van der Waals surface area contributed by atoms with E-state index >= 15 is 0 Å². The number of H-pyrrole nitrogens is 1. The van der Waals surface area contributed by atoms with E-state index in [-0.39, 0.29) is 23.9 Å². The number of amides is 1. The van der Waals surface area contributed by atoms with Gasteiger partial charge in [0.15, 0.2) is 0 Å². The van der Waals surface area contributed by atoms with Crippen LogP contribution in [0.15, 0.2) is 15.8 Å². The van der Waals surface area contributed by atoms with Crippen molar-refractivity contribution < 1.29 is 9.90 Å². The van der Waals surface area contributed by atoms with E-state index < -0.39 is 22.8 Å². The van der Waals surface area contributed by atoms with Crippen molar-refractivity contribution in [1.29, 1.82) is 0 Å². The first-order valence-electron chi connectivity index (χ1n) is 6.98. The fourth-order valence-electron chi connectivity index (χ4n) is 2.81. The zero-order valence-electron chi connectivity index (χ0n) is 12.7. The number of aromatic amines is 1. The van der Waals surface area contributed by atoms with Gasteiger partial charge in [0.05, 0.1) is 12.1 Å². The second kappa shape index (κ2) is 5.14. The third-order valence-electron chi connectivity index (χ3n) is 4.42. The Balaban J connectivity index is 2.33. The highest BCUT2D eigenvalue weighted by Gasteiger charge is 2.46. The van der Waals surface area contributed by atoms with Gasteiger partial charge in [0, 0.05) is 25.7 Å². The molecule has 2 atom stereocenters. The molecular weight excluding hydrogens is 274 g/mol. The predicted octanol–water partition coefficient (Wildman–Crippen LogP) is -0.447. The summed E-state index contributed by atoms with van der Waals surface area (Å²) in [7, 11) is 1.46.